The average Bonchev–Trinajstić information content (AvgIpc) is 1.90. The Balaban J connectivity index is 2.63. The second kappa shape index (κ2) is 2.29. The van der Waals surface area contributed by atoms with E-state index in [1.165, 1.54) is 7.11 Å². The van der Waals surface area contributed by atoms with Crippen LogP contribution in [-0.2, 0) is 4.74 Å². The lowest BCUT2D eigenvalue weighted by Gasteiger charge is -2.21. The molecular formula is C6H9NO2. The first-order chi connectivity index (χ1) is 4.27. The normalized spacial score (nSPS) is 33.1. The van der Waals surface area contributed by atoms with Crippen LogP contribution < -0.4 is 0 Å². The third kappa shape index (κ3) is 1.37. The molecular weight excluding hydrogens is 118 g/mol. The molecule has 0 spiro atoms. The van der Waals surface area contributed by atoms with E-state index in [0.29, 0.717) is 6.54 Å². The fourth-order valence-corrected chi connectivity index (χ4v) is 0.623. The maximum Gasteiger partial charge on any atom is 0.205 e. The fourth-order valence-electron chi connectivity index (χ4n) is 0.623. The lowest BCUT2D eigenvalue weighted by Crippen LogP contribution is -2.33. The molecule has 0 aromatic carbocycles. The molecule has 1 heterocycles. The number of hydrogen-bond acceptors (Lipinski definition) is 3. The number of allylic oxidation sites excluding steroid dienone is 1. The average molecular weight is 127 g/mol. The predicted octanol–water partition coefficient (Wildman–Crippen LogP) is -0.0380. The van der Waals surface area contributed by atoms with Crippen LogP contribution in [0.5, 0.6) is 0 Å². The molecule has 1 aliphatic rings. The monoisotopic (exact) mass is 127 g/mol. The van der Waals surface area contributed by atoms with Gasteiger partial charge in [0.05, 0.1) is 6.54 Å². The Labute approximate surface area is 53.7 Å². The van der Waals surface area contributed by atoms with Gasteiger partial charge in [0.2, 0.25) is 5.79 Å². The molecule has 0 aromatic heterocycles. The minimum Gasteiger partial charge on any atom is -0.361 e. The molecule has 0 aromatic rings. The lowest BCUT2D eigenvalue weighted by atomic mass is 10.2. The van der Waals surface area contributed by atoms with E-state index in [4.69, 9.17) is 4.74 Å². The largest absolute Gasteiger partial charge is 0.361 e. The van der Waals surface area contributed by atoms with Crippen LogP contribution in [0.3, 0.4) is 0 Å². The fraction of sp³-hybridized carbons (Fsp3) is 0.500. The molecule has 1 aliphatic heterocycles. The summed E-state index contributed by atoms with van der Waals surface area (Å²) in [6.07, 6.45) is 4.86. The molecule has 0 saturated heterocycles. The molecule has 0 saturated carbocycles. The van der Waals surface area contributed by atoms with Crippen LogP contribution in [0.1, 0.15) is 0 Å². The number of rotatable bonds is 1. The Morgan fingerprint density at radius 2 is 2.56 bits per heavy atom. The van der Waals surface area contributed by atoms with Crippen LogP contribution in [0, 0.1) is 0 Å². The van der Waals surface area contributed by atoms with Crippen molar-refractivity contribution in [1.29, 1.82) is 0 Å². The second-order valence-electron chi connectivity index (χ2n) is 1.90. The van der Waals surface area contributed by atoms with Gasteiger partial charge < -0.3 is 9.84 Å². The first kappa shape index (κ1) is 6.45. The SMILES string of the molecule is COC1(O)C=CC=NC1. The molecule has 1 rings (SSSR count). The van der Waals surface area contributed by atoms with Crippen LogP contribution in [-0.4, -0.2) is 30.8 Å². The first-order valence-electron chi connectivity index (χ1n) is 2.72. The van der Waals surface area contributed by atoms with E-state index in [-0.39, 0.29) is 0 Å². The molecule has 0 fully saturated rings. The van der Waals surface area contributed by atoms with Gasteiger partial charge in [0.1, 0.15) is 0 Å². The molecule has 0 radical (unpaired) electrons. The molecule has 3 heteroatoms. The number of ether oxygens (including phenoxy) is 1. The van der Waals surface area contributed by atoms with Gasteiger partial charge in [-0.25, -0.2) is 0 Å². The lowest BCUT2D eigenvalue weighted by molar-refractivity contribution is -0.137. The smallest absolute Gasteiger partial charge is 0.205 e. The number of nitrogens with zero attached hydrogens (tertiary/aromatic N) is 1. The third-order valence-corrected chi connectivity index (χ3v) is 1.22. The van der Waals surface area contributed by atoms with Gasteiger partial charge in [-0.15, -0.1) is 0 Å². The first-order valence-corrected chi connectivity index (χ1v) is 2.72. The van der Waals surface area contributed by atoms with Crippen molar-refractivity contribution in [3.63, 3.8) is 0 Å². The zero-order valence-corrected chi connectivity index (χ0v) is 5.24. The summed E-state index contributed by atoms with van der Waals surface area (Å²) in [5.74, 6) is -1.16. The van der Waals surface area contributed by atoms with Crippen molar-refractivity contribution in [2.24, 2.45) is 4.99 Å². The highest BCUT2D eigenvalue weighted by Gasteiger charge is 2.22. The van der Waals surface area contributed by atoms with Gasteiger partial charge in [0.25, 0.3) is 0 Å². The van der Waals surface area contributed by atoms with Crippen LogP contribution in [0.25, 0.3) is 0 Å². The van der Waals surface area contributed by atoms with Crippen molar-refractivity contribution in [3.05, 3.63) is 12.2 Å². The molecule has 0 bridgehead atoms. The zero-order chi connectivity index (χ0) is 6.74. The Morgan fingerprint density at radius 1 is 1.78 bits per heavy atom. The summed E-state index contributed by atoms with van der Waals surface area (Å²) >= 11 is 0. The summed E-state index contributed by atoms with van der Waals surface area (Å²) in [5, 5.41) is 9.26. The Bertz CT molecular complexity index is 153. The van der Waals surface area contributed by atoms with E-state index < -0.39 is 5.79 Å². The molecule has 1 unspecified atom stereocenters. The van der Waals surface area contributed by atoms with Crippen molar-refractivity contribution < 1.29 is 9.84 Å². The molecule has 0 amide bonds. The van der Waals surface area contributed by atoms with E-state index in [1.54, 1.807) is 18.4 Å². The van der Waals surface area contributed by atoms with Crippen LogP contribution >= 0.6 is 0 Å². The Hall–Kier alpha value is -0.670. The maximum atomic E-state index is 9.26. The van der Waals surface area contributed by atoms with Crippen LogP contribution in [0.15, 0.2) is 17.1 Å². The number of hydrogen-bond donors (Lipinski definition) is 1. The highest BCUT2D eigenvalue weighted by molar-refractivity contribution is 5.72. The quantitative estimate of drug-likeness (QED) is 0.502. The molecule has 1 atom stereocenters. The predicted molar refractivity (Wildman–Crippen MR) is 34.5 cm³/mol. The summed E-state index contributed by atoms with van der Waals surface area (Å²) in [6.45, 7) is 0.292. The minimum atomic E-state index is -1.16. The highest BCUT2D eigenvalue weighted by Crippen LogP contribution is 2.09. The van der Waals surface area contributed by atoms with Gasteiger partial charge in [-0.1, -0.05) is 0 Å². The van der Waals surface area contributed by atoms with Gasteiger partial charge in [0.15, 0.2) is 0 Å². The van der Waals surface area contributed by atoms with Crippen molar-refractivity contribution in [3.8, 4) is 0 Å². The minimum absolute atomic E-state index is 0.292. The van der Waals surface area contributed by atoms with Gasteiger partial charge in [-0.05, 0) is 12.2 Å². The van der Waals surface area contributed by atoms with Crippen LogP contribution in [0.2, 0.25) is 0 Å². The van der Waals surface area contributed by atoms with Gasteiger partial charge in [-0.3, -0.25) is 4.99 Å². The summed E-state index contributed by atoms with van der Waals surface area (Å²) in [7, 11) is 1.45. The van der Waals surface area contributed by atoms with E-state index in [1.807, 2.05) is 0 Å². The molecule has 9 heavy (non-hydrogen) atoms. The maximum absolute atomic E-state index is 9.26. The molecule has 3 nitrogen and oxygen atoms in total. The standard InChI is InChI=1S/C6H9NO2/c1-9-6(8)3-2-4-7-5-6/h2-4,8H,5H2,1H3. The van der Waals surface area contributed by atoms with Crippen molar-refractivity contribution >= 4 is 6.21 Å². The van der Waals surface area contributed by atoms with Crippen molar-refractivity contribution in [2.75, 3.05) is 13.7 Å². The summed E-state index contributed by atoms with van der Waals surface area (Å²) < 4.78 is 4.73. The number of dihydropyridines is 1. The summed E-state index contributed by atoms with van der Waals surface area (Å²) in [4.78, 5) is 3.81. The molecule has 0 aliphatic carbocycles. The molecule has 1 N–H and O–H groups in total. The highest BCUT2D eigenvalue weighted by atomic mass is 16.6. The van der Waals surface area contributed by atoms with Crippen LogP contribution in [0.4, 0.5) is 0 Å². The summed E-state index contributed by atoms with van der Waals surface area (Å²) in [6, 6.07) is 0. The van der Waals surface area contributed by atoms with Gasteiger partial charge in [-0.2, -0.15) is 0 Å². The number of aliphatic hydroxyl groups is 1. The number of aliphatic imine (C=N–C) groups is 1. The van der Waals surface area contributed by atoms with Gasteiger partial charge >= 0.3 is 0 Å². The van der Waals surface area contributed by atoms with Crippen molar-refractivity contribution in [1.82, 2.24) is 0 Å². The zero-order valence-electron chi connectivity index (χ0n) is 5.24. The number of methoxy groups -OCH3 is 1. The van der Waals surface area contributed by atoms with Crippen molar-refractivity contribution in [2.45, 2.75) is 5.79 Å². The second-order valence-corrected chi connectivity index (χ2v) is 1.90. The van der Waals surface area contributed by atoms with Gasteiger partial charge in [0, 0.05) is 13.3 Å². The van der Waals surface area contributed by atoms with E-state index in [2.05, 4.69) is 4.99 Å². The van der Waals surface area contributed by atoms with E-state index in [0.717, 1.165) is 0 Å². The Kier molecular flexibility index (Phi) is 1.64. The molecule has 50 valence electrons. The third-order valence-electron chi connectivity index (χ3n) is 1.22. The van der Waals surface area contributed by atoms with E-state index >= 15 is 0 Å². The summed E-state index contributed by atoms with van der Waals surface area (Å²) in [5.41, 5.74) is 0. The Morgan fingerprint density at radius 3 is 2.89 bits per heavy atom. The topological polar surface area (TPSA) is 41.8 Å². The van der Waals surface area contributed by atoms with E-state index in [9.17, 15) is 5.11 Å².